The molecule has 0 aromatic heterocycles. The minimum Gasteiger partial charge on any atom is -0.497 e. The molecule has 1 heterocycles. The number of fused-ring (bicyclic) bond motifs is 1. The molecule has 7 heteroatoms. The van der Waals surface area contributed by atoms with E-state index in [1.54, 1.807) is 7.11 Å². The first-order valence-corrected chi connectivity index (χ1v) is 8.76. The third kappa shape index (κ3) is 4.36. The van der Waals surface area contributed by atoms with Gasteiger partial charge in [-0.2, -0.15) is 4.58 Å². The van der Waals surface area contributed by atoms with Crippen LogP contribution in [0, 0.1) is 10.2 Å². The van der Waals surface area contributed by atoms with Crippen LogP contribution in [0.3, 0.4) is 0 Å². The number of halogens is 1. The number of hydrogen-bond donors (Lipinski definition) is 0. The SMILES string of the molecule is COc1ccc(C2=[N+](C)c3ccccc3C2(C)C)cc1.[O-][Cl+3]([O-])([O-])[O-]. The summed E-state index contributed by atoms with van der Waals surface area (Å²) in [5.41, 5.74) is 5.27. The molecule has 0 aliphatic carbocycles. The number of hydrogen-bond acceptors (Lipinski definition) is 5. The molecule has 0 unspecified atom stereocenters. The van der Waals surface area contributed by atoms with Crippen molar-refractivity contribution in [2.45, 2.75) is 19.3 Å². The standard InChI is InChI=1S/C18H20NO.ClHO4/c1-18(2)15-7-5-6-8-16(15)19(3)17(18)13-9-11-14(20-4)12-10-13;2-1(3,4)5/h5-12H,1-4H3;(H,2,3,4,5)/q+1;/p-1. The van der Waals surface area contributed by atoms with E-state index in [0.29, 0.717) is 0 Å². The van der Waals surface area contributed by atoms with Gasteiger partial charge in [0.15, 0.2) is 5.71 Å². The summed E-state index contributed by atoms with van der Waals surface area (Å²) in [6.07, 6.45) is 0. The van der Waals surface area contributed by atoms with Crippen LogP contribution in [0.5, 0.6) is 5.75 Å². The summed E-state index contributed by atoms with van der Waals surface area (Å²) >= 11 is 0. The van der Waals surface area contributed by atoms with Gasteiger partial charge in [-0.05, 0) is 38.1 Å². The van der Waals surface area contributed by atoms with Crippen molar-refractivity contribution in [3.05, 3.63) is 59.7 Å². The van der Waals surface area contributed by atoms with E-state index >= 15 is 0 Å². The van der Waals surface area contributed by atoms with Crippen molar-refractivity contribution in [2.75, 3.05) is 14.2 Å². The zero-order valence-electron chi connectivity index (χ0n) is 14.5. The summed E-state index contributed by atoms with van der Waals surface area (Å²) in [7, 11) is -1.10. The lowest BCUT2D eigenvalue weighted by Crippen LogP contribution is -2.68. The Morgan fingerprint density at radius 1 is 0.920 bits per heavy atom. The highest BCUT2D eigenvalue weighted by Gasteiger charge is 2.44. The number of benzene rings is 2. The van der Waals surface area contributed by atoms with E-state index in [1.807, 2.05) is 12.1 Å². The van der Waals surface area contributed by atoms with Crippen LogP contribution in [0.1, 0.15) is 25.0 Å². The van der Waals surface area contributed by atoms with Crippen LogP contribution in [0.2, 0.25) is 0 Å². The van der Waals surface area contributed by atoms with E-state index in [1.165, 1.54) is 22.5 Å². The molecule has 0 spiro atoms. The molecule has 0 radical (unpaired) electrons. The van der Waals surface area contributed by atoms with Crippen LogP contribution in [0.25, 0.3) is 0 Å². The van der Waals surface area contributed by atoms with Gasteiger partial charge in [-0.3, -0.25) is 0 Å². The molecule has 134 valence electrons. The fraction of sp³-hybridized carbons (Fsp3) is 0.278. The molecular formula is C18H20ClNO5. The molecule has 1 aliphatic rings. The van der Waals surface area contributed by atoms with Gasteiger partial charge in [-0.25, -0.2) is 18.6 Å². The highest BCUT2D eigenvalue weighted by molar-refractivity contribution is 6.07. The Bertz CT molecular complexity index is 773. The van der Waals surface area contributed by atoms with Crippen molar-refractivity contribution in [1.82, 2.24) is 0 Å². The molecule has 0 saturated heterocycles. The van der Waals surface area contributed by atoms with Gasteiger partial charge in [-0.1, -0.05) is 18.2 Å². The lowest BCUT2D eigenvalue weighted by Gasteiger charge is -2.17. The molecule has 0 N–H and O–H groups in total. The van der Waals surface area contributed by atoms with Gasteiger partial charge in [0.25, 0.3) is 0 Å². The van der Waals surface area contributed by atoms with Crippen molar-refractivity contribution in [3.8, 4) is 5.75 Å². The van der Waals surface area contributed by atoms with Crippen LogP contribution in [0.15, 0.2) is 48.5 Å². The summed E-state index contributed by atoms with van der Waals surface area (Å²) in [6, 6.07) is 16.9. The van der Waals surface area contributed by atoms with E-state index in [9.17, 15) is 0 Å². The van der Waals surface area contributed by atoms with E-state index in [2.05, 4.69) is 61.9 Å². The average molecular weight is 366 g/mol. The smallest absolute Gasteiger partial charge is 0.209 e. The van der Waals surface area contributed by atoms with E-state index in [-0.39, 0.29) is 5.41 Å². The van der Waals surface area contributed by atoms with E-state index in [4.69, 9.17) is 23.4 Å². The van der Waals surface area contributed by atoms with Gasteiger partial charge in [0.1, 0.15) is 12.8 Å². The maximum absolute atomic E-state index is 8.49. The molecule has 0 saturated carbocycles. The van der Waals surface area contributed by atoms with E-state index < -0.39 is 10.2 Å². The van der Waals surface area contributed by atoms with Crippen molar-refractivity contribution >= 4 is 11.4 Å². The van der Waals surface area contributed by atoms with Gasteiger partial charge in [0, 0.05) is 17.2 Å². The zero-order chi connectivity index (χ0) is 18.8. The first-order chi connectivity index (χ1) is 11.6. The second-order valence-electron chi connectivity index (χ2n) is 6.16. The fourth-order valence-corrected chi connectivity index (χ4v) is 3.27. The van der Waals surface area contributed by atoms with Crippen molar-refractivity contribution in [1.29, 1.82) is 0 Å². The summed E-state index contributed by atoms with van der Waals surface area (Å²) in [6.45, 7) is 4.57. The van der Waals surface area contributed by atoms with Crippen LogP contribution < -0.4 is 23.4 Å². The largest absolute Gasteiger partial charge is 0.497 e. The Morgan fingerprint density at radius 2 is 1.44 bits per heavy atom. The topological polar surface area (TPSA) is 104 Å². The lowest BCUT2D eigenvalue weighted by atomic mass is 9.79. The molecule has 3 rings (SSSR count). The normalized spacial score (nSPS) is 15.4. The van der Waals surface area contributed by atoms with Gasteiger partial charge in [0.05, 0.1) is 12.5 Å². The van der Waals surface area contributed by atoms with Crippen molar-refractivity contribution in [3.63, 3.8) is 0 Å². The maximum atomic E-state index is 8.49. The molecule has 0 atom stereocenters. The Morgan fingerprint density at radius 3 is 1.92 bits per heavy atom. The highest BCUT2D eigenvalue weighted by atomic mass is 35.7. The molecule has 0 bridgehead atoms. The Hall–Kier alpha value is -1.96. The molecular weight excluding hydrogens is 346 g/mol. The quantitative estimate of drug-likeness (QED) is 0.634. The molecule has 0 amide bonds. The van der Waals surface area contributed by atoms with Gasteiger partial charge in [-0.15, -0.1) is 10.2 Å². The van der Waals surface area contributed by atoms with Crippen LogP contribution in [-0.4, -0.2) is 24.4 Å². The van der Waals surface area contributed by atoms with Gasteiger partial charge in [0.2, 0.25) is 5.69 Å². The van der Waals surface area contributed by atoms with E-state index in [0.717, 1.165) is 5.75 Å². The number of methoxy groups -OCH3 is 1. The fourth-order valence-electron chi connectivity index (χ4n) is 3.27. The highest BCUT2D eigenvalue weighted by Crippen LogP contribution is 2.40. The Kier molecular flexibility index (Phi) is 5.51. The zero-order valence-corrected chi connectivity index (χ0v) is 15.2. The lowest BCUT2D eigenvalue weighted by molar-refractivity contribution is -2.00. The summed E-state index contributed by atoms with van der Waals surface area (Å²) in [5.74, 6) is 0.894. The number of rotatable bonds is 2. The second kappa shape index (κ2) is 7.11. The van der Waals surface area contributed by atoms with Crippen molar-refractivity contribution in [2.24, 2.45) is 0 Å². The average Bonchev–Trinajstić information content (AvgIpc) is 2.73. The monoisotopic (exact) mass is 365 g/mol. The minimum absolute atomic E-state index is 0.0138. The Balaban J connectivity index is 0.000000399. The van der Waals surface area contributed by atoms with Gasteiger partial charge < -0.3 is 4.74 Å². The molecule has 2 aromatic carbocycles. The maximum Gasteiger partial charge on any atom is 0.209 e. The molecule has 6 nitrogen and oxygen atoms in total. The third-order valence-electron chi connectivity index (χ3n) is 4.23. The van der Waals surface area contributed by atoms with Crippen LogP contribution in [0.4, 0.5) is 5.69 Å². The predicted octanol–water partition coefficient (Wildman–Crippen LogP) is -1.01. The Labute approximate surface area is 149 Å². The van der Waals surface area contributed by atoms with Gasteiger partial charge >= 0.3 is 0 Å². The number of para-hydroxylation sites is 1. The summed E-state index contributed by atoms with van der Waals surface area (Å²) in [4.78, 5) is 0. The second-order valence-corrected chi connectivity index (χ2v) is 6.91. The predicted molar refractivity (Wildman–Crippen MR) is 82.4 cm³/mol. The number of ether oxygens (including phenoxy) is 1. The summed E-state index contributed by atoms with van der Waals surface area (Å²) < 4.78 is 41.5. The van der Waals surface area contributed by atoms with Crippen LogP contribution in [-0.2, 0) is 5.41 Å². The third-order valence-corrected chi connectivity index (χ3v) is 4.23. The summed E-state index contributed by atoms with van der Waals surface area (Å²) in [5, 5.41) is 0. The molecule has 1 aliphatic heterocycles. The molecule has 0 fully saturated rings. The minimum atomic E-state index is -4.94. The molecule has 25 heavy (non-hydrogen) atoms. The van der Waals surface area contributed by atoms with Crippen LogP contribution >= 0.6 is 0 Å². The first-order valence-electron chi connectivity index (χ1n) is 7.52. The number of nitrogens with zero attached hydrogens (tertiary/aromatic N) is 1. The molecule has 2 aromatic rings. The van der Waals surface area contributed by atoms with Crippen molar-refractivity contribution < 1.29 is 38.2 Å². The first kappa shape index (κ1) is 19.4.